The molecular weight excluding hydrogens is 258 g/mol. The van der Waals surface area contributed by atoms with Crippen LogP contribution in [0.2, 0.25) is 0 Å². The van der Waals surface area contributed by atoms with Crippen LogP contribution >= 0.6 is 0 Å². The summed E-state index contributed by atoms with van der Waals surface area (Å²) in [6.45, 7) is 5.86. The van der Waals surface area contributed by atoms with Gasteiger partial charge in [-0.1, -0.05) is 6.08 Å². The van der Waals surface area contributed by atoms with Gasteiger partial charge < -0.3 is 5.11 Å². The maximum Gasteiger partial charge on any atom is 0.318 e. The van der Waals surface area contributed by atoms with E-state index in [4.69, 9.17) is 5.11 Å². The Morgan fingerprint density at radius 3 is 2.56 bits per heavy atom. The topological polar surface area (TPSA) is 103 Å². The normalized spacial score (nSPS) is 11.7. The third-order valence-electron chi connectivity index (χ3n) is 2.30. The molecule has 1 rings (SSSR count). The molecule has 0 aliphatic carbocycles. The van der Waals surface area contributed by atoms with Gasteiger partial charge in [0.05, 0.1) is 11.4 Å². The molecule has 1 aromatic rings. The second-order valence-electron chi connectivity index (χ2n) is 3.74. The number of aryl methyl sites for hydroxylation is 2. The summed E-state index contributed by atoms with van der Waals surface area (Å²) < 4.78 is 25.5. The van der Waals surface area contributed by atoms with Crippen molar-refractivity contribution in [3.63, 3.8) is 0 Å². The zero-order valence-electron chi connectivity index (χ0n) is 10.2. The number of H-pyrrole nitrogens is 1. The van der Waals surface area contributed by atoms with Crippen molar-refractivity contribution in [2.45, 2.75) is 18.7 Å². The highest BCUT2D eigenvalue weighted by Gasteiger charge is 2.30. The van der Waals surface area contributed by atoms with Gasteiger partial charge in [0.15, 0.2) is 0 Å². The van der Waals surface area contributed by atoms with Crippen LogP contribution < -0.4 is 0 Å². The predicted molar refractivity (Wildman–Crippen MR) is 64.7 cm³/mol. The predicted octanol–water partition coefficient (Wildman–Crippen LogP) is 0.288. The minimum atomic E-state index is -3.89. The lowest BCUT2D eigenvalue weighted by Gasteiger charge is -2.18. The quantitative estimate of drug-likeness (QED) is 0.725. The molecule has 1 heterocycles. The van der Waals surface area contributed by atoms with E-state index in [0.717, 1.165) is 4.31 Å². The van der Waals surface area contributed by atoms with Crippen molar-refractivity contribution >= 4 is 16.0 Å². The van der Waals surface area contributed by atoms with E-state index in [0.29, 0.717) is 11.4 Å². The third kappa shape index (κ3) is 2.77. The number of hydrogen-bond acceptors (Lipinski definition) is 4. The highest BCUT2D eigenvalue weighted by molar-refractivity contribution is 7.89. The standard InChI is InChI=1S/C10H15N3O4S/c1-4-5-13(6-9(14)15)18(16,17)10-7(2)11-12-8(10)3/h4H,1,5-6H2,2-3H3,(H,11,12)(H,14,15). The molecule has 0 saturated heterocycles. The van der Waals surface area contributed by atoms with E-state index in [-0.39, 0.29) is 11.4 Å². The maximum absolute atomic E-state index is 12.3. The van der Waals surface area contributed by atoms with Gasteiger partial charge in [0.25, 0.3) is 0 Å². The van der Waals surface area contributed by atoms with E-state index in [1.807, 2.05) is 0 Å². The molecule has 0 saturated carbocycles. The summed E-state index contributed by atoms with van der Waals surface area (Å²) in [6.07, 6.45) is 1.34. The Labute approximate surface area is 105 Å². The molecule has 18 heavy (non-hydrogen) atoms. The molecule has 7 nitrogen and oxygen atoms in total. The van der Waals surface area contributed by atoms with Crippen molar-refractivity contribution in [2.75, 3.05) is 13.1 Å². The van der Waals surface area contributed by atoms with Gasteiger partial charge in [-0.2, -0.15) is 9.40 Å². The summed E-state index contributed by atoms with van der Waals surface area (Å²) in [6, 6.07) is 0. The third-order valence-corrected chi connectivity index (χ3v) is 4.38. The zero-order chi connectivity index (χ0) is 13.9. The first kappa shape index (κ1) is 14.4. The average molecular weight is 273 g/mol. The Balaban J connectivity index is 3.25. The summed E-state index contributed by atoms with van der Waals surface area (Å²) in [5.74, 6) is -1.22. The fourth-order valence-electron chi connectivity index (χ4n) is 1.59. The smallest absolute Gasteiger partial charge is 0.318 e. The number of carboxylic acids is 1. The van der Waals surface area contributed by atoms with E-state index in [1.54, 1.807) is 13.8 Å². The van der Waals surface area contributed by atoms with E-state index >= 15 is 0 Å². The lowest BCUT2D eigenvalue weighted by Crippen LogP contribution is -2.36. The Morgan fingerprint density at radius 2 is 2.17 bits per heavy atom. The summed E-state index contributed by atoms with van der Waals surface area (Å²) in [7, 11) is -3.89. The van der Waals surface area contributed by atoms with E-state index in [9.17, 15) is 13.2 Å². The molecule has 0 aromatic carbocycles. The first-order valence-corrected chi connectivity index (χ1v) is 6.59. The summed E-state index contributed by atoms with van der Waals surface area (Å²) in [5.41, 5.74) is 0.693. The molecular formula is C10H15N3O4S. The lowest BCUT2D eigenvalue weighted by molar-refractivity contribution is -0.137. The molecule has 100 valence electrons. The number of sulfonamides is 1. The number of rotatable bonds is 6. The van der Waals surface area contributed by atoms with E-state index in [2.05, 4.69) is 16.8 Å². The van der Waals surface area contributed by atoms with E-state index < -0.39 is 22.5 Å². The SMILES string of the molecule is C=CCN(CC(=O)O)S(=O)(=O)c1c(C)n[nH]c1C. The number of hydrogen-bond donors (Lipinski definition) is 2. The van der Waals surface area contributed by atoms with E-state index in [1.165, 1.54) is 6.08 Å². The molecule has 0 bridgehead atoms. The number of aromatic nitrogens is 2. The summed E-state index contributed by atoms with van der Waals surface area (Å²) in [5, 5.41) is 15.1. The van der Waals surface area contributed by atoms with Crippen LogP contribution in [0.3, 0.4) is 0 Å². The number of carboxylic acid groups (broad SMARTS) is 1. The van der Waals surface area contributed by atoms with Gasteiger partial charge in [-0.05, 0) is 13.8 Å². The van der Waals surface area contributed by atoms with Gasteiger partial charge in [-0.3, -0.25) is 9.89 Å². The van der Waals surface area contributed by atoms with Crippen molar-refractivity contribution in [1.29, 1.82) is 0 Å². The highest BCUT2D eigenvalue weighted by Crippen LogP contribution is 2.21. The molecule has 2 N–H and O–H groups in total. The van der Waals surface area contributed by atoms with Crippen LogP contribution in [0, 0.1) is 13.8 Å². The fraction of sp³-hybridized carbons (Fsp3) is 0.400. The first-order valence-electron chi connectivity index (χ1n) is 5.15. The maximum atomic E-state index is 12.3. The first-order chi connectivity index (χ1) is 8.30. The van der Waals surface area contributed by atoms with Crippen LogP contribution in [-0.4, -0.2) is 47.1 Å². The second-order valence-corrected chi connectivity index (χ2v) is 5.62. The fourth-order valence-corrected chi connectivity index (χ4v) is 3.28. The Morgan fingerprint density at radius 1 is 1.56 bits per heavy atom. The van der Waals surface area contributed by atoms with Crippen LogP contribution in [0.25, 0.3) is 0 Å². The number of aliphatic carboxylic acids is 1. The minimum Gasteiger partial charge on any atom is -0.480 e. The number of aromatic amines is 1. The molecule has 0 aliphatic heterocycles. The second kappa shape index (κ2) is 5.32. The van der Waals surface area contributed by atoms with Crippen molar-refractivity contribution in [3.05, 3.63) is 24.0 Å². The zero-order valence-corrected chi connectivity index (χ0v) is 11.0. The average Bonchev–Trinajstić information content (AvgIpc) is 2.57. The molecule has 8 heteroatoms. The van der Waals surface area contributed by atoms with Crippen molar-refractivity contribution < 1.29 is 18.3 Å². The Bertz CT molecular complexity index is 542. The highest BCUT2D eigenvalue weighted by atomic mass is 32.2. The lowest BCUT2D eigenvalue weighted by atomic mass is 10.4. The minimum absolute atomic E-state index is 0.0191. The van der Waals surface area contributed by atoms with Crippen molar-refractivity contribution in [2.24, 2.45) is 0 Å². The van der Waals surface area contributed by atoms with Crippen LogP contribution in [-0.2, 0) is 14.8 Å². The van der Waals surface area contributed by atoms with Gasteiger partial charge in [0.2, 0.25) is 10.0 Å². The molecule has 0 fully saturated rings. The number of nitrogens with one attached hydrogen (secondary N) is 1. The Kier molecular flexibility index (Phi) is 4.25. The van der Waals surface area contributed by atoms with Crippen molar-refractivity contribution in [3.8, 4) is 0 Å². The molecule has 0 unspecified atom stereocenters. The summed E-state index contributed by atoms with van der Waals surface area (Å²) in [4.78, 5) is 10.7. The number of carbonyl (C=O) groups is 1. The van der Waals surface area contributed by atoms with Gasteiger partial charge in [0, 0.05) is 6.54 Å². The van der Waals surface area contributed by atoms with Crippen LogP contribution in [0.15, 0.2) is 17.6 Å². The summed E-state index contributed by atoms with van der Waals surface area (Å²) >= 11 is 0. The van der Waals surface area contributed by atoms with Gasteiger partial charge in [-0.25, -0.2) is 8.42 Å². The molecule has 0 radical (unpaired) electrons. The Hall–Kier alpha value is -1.67. The van der Waals surface area contributed by atoms with Crippen LogP contribution in [0.5, 0.6) is 0 Å². The molecule has 0 atom stereocenters. The molecule has 1 aromatic heterocycles. The monoisotopic (exact) mass is 273 g/mol. The largest absolute Gasteiger partial charge is 0.480 e. The van der Waals surface area contributed by atoms with Crippen LogP contribution in [0.1, 0.15) is 11.4 Å². The molecule has 0 aliphatic rings. The van der Waals surface area contributed by atoms with Gasteiger partial charge in [-0.15, -0.1) is 6.58 Å². The molecule has 0 amide bonds. The van der Waals surface area contributed by atoms with Gasteiger partial charge in [0.1, 0.15) is 11.4 Å². The number of nitrogens with zero attached hydrogens (tertiary/aromatic N) is 2. The van der Waals surface area contributed by atoms with Crippen molar-refractivity contribution in [1.82, 2.24) is 14.5 Å². The molecule has 0 spiro atoms. The van der Waals surface area contributed by atoms with Crippen LogP contribution in [0.4, 0.5) is 0 Å². The van der Waals surface area contributed by atoms with Gasteiger partial charge >= 0.3 is 5.97 Å².